The van der Waals surface area contributed by atoms with Gasteiger partial charge in [-0.3, -0.25) is 4.90 Å². The number of benzene rings is 1. The molecule has 0 aliphatic carbocycles. The normalized spacial score (nSPS) is 24.3. The molecule has 2 nitrogen and oxygen atoms in total. The average Bonchev–Trinajstić information content (AvgIpc) is 2.29. The fourth-order valence-corrected chi connectivity index (χ4v) is 2.30. The van der Waals surface area contributed by atoms with E-state index in [2.05, 4.69) is 43.0 Å². The van der Waals surface area contributed by atoms with Gasteiger partial charge in [0.2, 0.25) is 0 Å². The first kappa shape index (κ1) is 11.9. The Bertz CT molecular complexity index is 338. The first-order chi connectivity index (χ1) is 7.66. The van der Waals surface area contributed by atoms with Crippen LogP contribution in [0.1, 0.15) is 24.1 Å². The van der Waals surface area contributed by atoms with Crippen LogP contribution in [0.3, 0.4) is 0 Å². The lowest BCUT2D eigenvalue weighted by Gasteiger charge is -2.34. The van der Waals surface area contributed by atoms with E-state index in [0.29, 0.717) is 6.04 Å². The Labute approximate surface area is 102 Å². The van der Waals surface area contributed by atoms with E-state index >= 15 is 0 Å². The number of halogens is 1. The van der Waals surface area contributed by atoms with Crippen molar-refractivity contribution in [2.24, 2.45) is 0 Å². The number of alkyl halides is 1. The van der Waals surface area contributed by atoms with Crippen LogP contribution in [-0.4, -0.2) is 30.2 Å². The second-order valence-electron chi connectivity index (χ2n) is 4.36. The van der Waals surface area contributed by atoms with Gasteiger partial charge in [0.15, 0.2) is 0 Å². The van der Waals surface area contributed by atoms with Crippen molar-refractivity contribution in [2.45, 2.75) is 25.5 Å². The van der Waals surface area contributed by atoms with Crippen molar-refractivity contribution < 1.29 is 4.74 Å². The van der Waals surface area contributed by atoms with E-state index in [4.69, 9.17) is 16.3 Å². The summed E-state index contributed by atoms with van der Waals surface area (Å²) < 4.78 is 5.34. The van der Waals surface area contributed by atoms with E-state index in [9.17, 15) is 0 Å². The molecule has 0 saturated carbocycles. The van der Waals surface area contributed by atoms with Crippen LogP contribution >= 0.6 is 11.6 Å². The van der Waals surface area contributed by atoms with Crippen LogP contribution in [0.15, 0.2) is 24.3 Å². The van der Waals surface area contributed by atoms with Gasteiger partial charge in [-0.1, -0.05) is 41.4 Å². The quantitative estimate of drug-likeness (QED) is 0.736. The molecular formula is C13H18ClNO. The summed E-state index contributed by atoms with van der Waals surface area (Å²) in [6, 6.07) is 9.11. The van der Waals surface area contributed by atoms with Crippen LogP contribution in [0.2, 0.25) is 0 Å². The molecule has 0 bridgehead atoms. The average molecular weight is 240 g/mol. The molecule has 0 N–H and O–H groups in total. The van der Waals surface area contributed by atoms with Gasteiger partial charge in [-0.05, 0) is 19.4 Å². The standard InChI is InChI=1S/C13H18ClNO/c1-10-3-5-12(6-4-10)11(2)15-7-8-16-13(14)9-15/h3-6,11,13H,7-9H2,1-2H3. The lowest BCUT2D eigenvalue weighted by Crippen LogP contribution is -2.41. The topological polar surface area (TPSA) is 12.5 Å². The third-order valence-electron chi connectivity index (χ3n) is 3.16. The zero-order chi connectivity index (χ0) is 11.5. The summed E-state index contributed by atoms with van der Waals surface area (Å²) in [6.07, 6.45) is 0. The van der Waals surface area contributed by atoms with Gasteiger partial charge in [-0.2, -0.15) is 0 Å². The van der Waals surface area contributed by atoms with Gasteiger partial charge in [0.25, 0.3) is 0 Å². The molecule has 88 valence electrons. The Morgan fingerprint density at radius 3 is 2.69 bits per heavy atom. The zero-order valence-corrected chi connectivity index (χ0v) is 10.6. The van der Waals surface area contributed by atoms with Crippen molar-refractivity contribution in [3.05, 3.63) is 35.4 Å². The summed E-state index contributed by atoms with van der Waals surface area (Å²) in [5.74, 6) is 0. The number of morpholine rings is 1. The fraction of sp³-hybridized carbons (Fsp3) is 0.538. The molecule has 1 aromatic carbocycles. The zero-order valence-electron chi connectivity index (χ0n) is 9.82. The summed E-state index contributed by atoms with van der Waals surface area (Å²) in [5.41, 5.74) is 2.48. The number of hydrogen-bond acceptors (Lipinski definition) is 2. The predicted octanol–water partition coefficient (Wildman–Crippen LogP) is 2.95. The summed E-state index contributed by atoms with van der Waals surface area (Å²) in [7, 11) is 0. The van der Waals surface area contributed by atoms with Crippen molar-refractivity contribution in [3.63, 3.8) is 0 Å². The molecule has 0 aromatic heterocycles. The lowest BCUT2D eigenvalue weighted by atomic mass is 10.1. The highest BCUT2D eigenvalue weighted by Gasteiger charge is 2.23. The number of aryl methyl sites for hydroxylation is 1. The lowest BCUT2D eigenvalue weighted by molar-refractivity contribution is -0.00201. The van der Waals surface area contributed by atoms with Gasteiger partial charge in [0.1, 0.15) is 5.56 Å². The molecule has 0 amide bonds. The van der Waals surface area contributed by atoms with Crippen LogP contribution in [-0.2, 0) is 4.74 Å². The van der Waals surface area contributed by atoms with Crippen molar-refractivity contribution in [1.29, 1.82) is 0 Å². The smallest absolute Gasteiger partial charge is 0.143 e. The van der Waals surface area contributed by atoms with Crippen LogP contribution in [0.4, 0.5) is 0 Å². The highest BCUT2D eigenvalue weighted by atomic mass is 35.5. The third kappa shape index (κ3) is 2.76. The summed E-state index contributed by atoms with van der Waals surface area (Å²) in [5, 5.41) is 0. The minimum absolute atomic E-state index is 0.165. The molecule has 2 unspecified atom stereocenters. The molecular weight excluding hydrogens is 222 g/mol. The van der Waals surface area contributed by atoms with E-state index in [1.54, 1.807) is 0 Å². The van der Waals surface area contributed by atoms with Crippen molar-refractivity contribution in [3.8, 4) is 0 Å². The van der Waals surface area contributed by atoms with Gasteiger partial charge in [0, 0.05) is 19.1 Å². The summed E-state index contributed by atoms with van der Waals surface area (Å²) in [6.45, 7) is 6.82. The van der Waals surface area contributed by atoms with Gasteiger partial charge in [0.05, 0.1) is 6.61 Å². The minimum Gasteiger partial charge on any atom is -0.360 e. The molecule has 1 heterocycles. The van der Waals surface area contributed by atoms with Crippen LogP contribution in [0.5, 0.6) is 0 Å². The molecule has 2 atom stereocenters. The van der Waals surface area contributed by atoms with E-state index in [0.717, 1.165) is 19.7 Å². The highest BCUT2D eigenvalue weighted by Crippen LogP contribution is 2.23. The van der Waals surface area contributed by atoms with E-state index < -0.39 is 0 Å². The first-order valence-electron chi connectivity index (χ1n) is 5.73. The van der Waals surface area contributed by atoms with E-state index in [-0.39, 0.29) is 5.56 Å². The Hall–Kier alpha value is -0.570. The molecule has 0 spiro atoms. The number of hydrogen-bond donors (Lipinski definition) is 0. The van der Waals surface area contributed by atoms with Gasteiger partial charge in [-0.25, -0.2) is 0 Å². The molecule has 1 aliphatic heterocycles. The molecule has 1 aromatic rings. The maximum atomic E-state index is 6.00. The Balaban J connectivity index is 2.06. The van der Waals surface area contributed by atoms with Crippen molar-refractivity contribution >= 4 is 11.6 Å². The van der Waals surface area contributed by atoms with Crippen LogP contribution in [0, 0.1) is 6.92 Å². The Kier molecular flexibility index (Phi) is 3.85. The molecule has 16 heavy (non-hydrogen) atoms. The van der Waals surface area contributed by atoms with Crippen molar-refractivity contribution in [2.75, 3.05) is 19.7 Å². The second-order valence-corrected chi connectivity index (χ2v) is 4.85. The van der Waals surface area contributed by atoms with Gasteiger partial charge >= 0.3 is 0 Å². The second kappa shape index (κ2) is 5.17. The third-order valence-corrected chi connectivity index (χ3v) is 3.43. The van der Waals surface area contributed by atoms with Crippen LogP contribution < -0.4 is 0 Å². The SMILES string of the molecule is Cc1ccc(C(C)N2CCOC(Cl)C2)cc1. The number of nitrogens with zero attached hydrogens (tertiary/aromatic N) is 1. The highest BCUT2D eigenvalue weighted by molar-refractivity contribution is 6.19. The molecule has 1 saturated heterocycles. The minimum atomic E-state index is -0.165. The van der Waals surface area contributed by atoms with E-state index in [1.165, 1.54) is 11.1 Å². The first-order valence-corrected chi connectivity index (χ1v) is 6.17. The Morgan fingerprint density at radius 1 is 1.38 bits per heavy atom. The molecule has 1 aliphatic rings. The fourth-order valence-electron chi connectivity index (χ4n) is 2.03. The monoisotopic (exact) mass is 239 g/mol. The summed E-state index contributed by atoms with van der Waals surface area (Å²) >= 11 is 6.00. The molecule has 1 fully saturated rings. The van der Waals surface area contributed by atoms with Crippen molar-refractivity contribution in [1.82, 2.24) is 4.90 Å². The van der Waals surface area contributed by atoms with Gasteiger partial charge < -0.3 is 4.74 Å². The largest absolute Gasteiger partial charge is 0.360 e. The predicted molar refractivity (Wildman–Crippen MR) is 66.8 cm³/mol. The van der Waals surface area contributed by atoms with Crippen LogP contribution in [0.25, 0.3) is 0 Å². The van der Waals surface area contributed by atoms with E-state index in [1.807, 2.05) is 0 Å². The Morgan fingerprint density at radius 2 is 2.06 bits per heavy atom. The molecule has 3 heteroatoms. The maximum absolute atomic E-state index is 6.00. The van der Waals surface area contributed by atoms with Gasteiger partial charge in [-0.15, -0.1) is 0 Å². The summed E-state index contributed by atoms with van der Waals surface area (Å²) in [4.78, 5) is 2.37. The number of ether oxygens (including phenoxy) is 1. The number of rotatable bonds is 2. The molecule has 2 rings (SSSR count). The molecule has 0 radical (unpaired) electrons. The maximum Gasteiger partial charge on any atom is 0.143 e.